The summed E-state index contributed by atoms with van der Waals surface area (Å²) in [4.78, 5) is 22.3. The number of hydrogen-bond donors (Lipinski definition) is 1. The third kappa shape index (κ3) is 5.00. The molecule has 1 aliphatic heterocycles. The van der Waals surface area contributed by atoms with E-state index in [1.807, 2.05) is 0 Å². The molecule has 1 aliphatic rings. The highest BCUT2D eigenvalue weighted by Crippen LogP contribution is 2.34. The van der Waals surface area contributed by atoms with Gasteiger partial charge in [0.15, 0.2) is 5.69 Å². The van der Waals surface area contributed by atoms with Gasteiger partial charge in [-0.2, -0.15) is 5.10 Å². The summed E-state index contributed by atoms with van der Waals surface area (Å²) in [6.07, 6.45) is 3.93. The van der Waals surface area contributed by atoms with Gasteiger partial charge in [-0.3, -0.25) is 9.78 Å². The van der Waals surface area contributed by atoms with Crippen LogP contribution >= 0.6 is 0 Å². The molecule has 0 spiro atoms. The van der Waals surface area contributed by atoms with Gasteiger partial charge in [-0.15, -0.1) is 0 Å². The molecule has 0 bridgehead atoms. The standard InChI is InChI=1S/C20H23F2N5O3/c1-13-12-27(5-4-20(13,21)22)18-11-23-10-17(25-18)19(28)26-24-9-14-6-15(29-2)8-16(7-14)30-3/h6-11,13H,4-5,12H2,1-3H3,(H,26,28)/b24-9+. The number of amides is 1. The summed E-state index contributed by atoms with van der Waals surface area (Å²) in [5.41, 5.74) is 3.08. The number of carbonyl (C=O) groups excluding carboxylic acids is 1. The molecule has 1 aromatic carbocycles. The van der Waals surface area contributed by atoms with Crippen LogP contribution in [-0.4, -0.2) is 55.3 Å². The van der Waals surface area contributed by atoms with Crippen LogP contribution in [0, 0.1) is 5.92 Å². The first-order valence-corrected chi connectivity index (χ1v) is 9.33. The molecule has 0 radical (unpaired) electrons. The van der Waals surface area contributed by atoms with Gasteiger partial charge in [0.1, 0.15) is 17.3 Å². The lowest BCUT2D eigenvalue weighted by molar-refractivity contribution is -0.0652. The maximum Gasteiger partial charge on any atom is 0.291 e. The van der Waals surface area contributed by atoms with Crippen molar-refractivity contribution in [1.29, 1.82) is 0 Å². The minimum atomic E-state index is -2.70. The highest BCUT2D eigenvalue weighted by Gasteiger charge is 2.41. The molecule has 160 valence electrons. The van der Waals surface area contributed by atoms with Crippen molar-refractivity contribution < 1.29 is 23.0 Å². The lowest BCUT2D eigenvalue weighted by Gasteiger charge is -2.37. The average Bonchev–Trinajstić information content (AvgIpc) is 2.75. The van der Waals surface area contributed by atoms with Crippen LogP contribution in [-0.2, 0) is 0 Å². The Bertz CT molecular complexity index is 916. The highest BCUT2D eigenvalue weighted by atomic mass is 19.3. The minimum absolute atomic E-state index is 0.0397. The fraction of sp³-hybridized carbons (Fsp3) is 0.400. The number of rotatable bonds is 6. The first kappa shape index (κ1) is 21.4. The molecule has 0 saturated carbocycles. The molecular weight excluding hydrogens is 396 g/mol. The van der Waals surface area contributed by atoms with Crippen molar-refractivity contribution in [3.8, 4) is 11.5 Å². The summed E-state index contributed by atoms with van der Waals surface area (Å²) in [7, 11) is 3.07. The predicted octanol–water partition coefficient (Wildman–Crippen LogP) is 2.74. The van der Waals surface area contributed by atoms with Crippen molar-refractivity contribution >= 4 is 17.9 Å². The number of halogens is 2. The Hall–Kier alpha value is -3.30. The maximum absolute atomic E-state index is 13.7. The SMILES string of the molecule is COc1cc(/C=N/NC(=O)c2cncc(N3CCC(F)(F)C(C)C3)n2)cc(OC)c1. The molecule has 2 heterocycles. The van der Waals surface area contributed by atoms with Crippen molar-refractivity contribution in [2.24, 2.45) is 11.0 Å². The molecule has 0 aliphatic carbocycles. The Labute approximate surface area is 172 Å². The molecule has 1 saturated heterocycles. The summed E-state index contributed by atoms with van der Waals surface area (Å²) >= 11 is 0. The predicted molar refractivity (Wildman–Crippen MR) is 108 cm³/mol. The molecule has 1 unspecified atom stereocenters. The summed E-state index contributed by atoms with van der Waals surface area (Å²) in [6, 6.07) is 5.17. The van der Waals surface area contributed by atoms with E-state index in [-0.39, 0.29) is 25.2 Å². The van der Waals surface area contributed by atoms with Crippen LogP contribution in [0.25, 0.3) is 0 Å². The molecule has 1 aromatic heterocycles. The van der Waals surface area contributed by atoms with Gasteiger partial charge in [0, 0.05) is 37.1 Å². The van der Waals surface area contributed by atoms with Crippen molar-refractivity contribution in [2.45, 2.75) is 19.3 Å². The molecule has 2 aromatic rings. The van der Waals surface area contributed by atoms with E-state index in [4.69, 9.17) is 9.47 Å². The van der Waals surface area contributed by atoms with E-state index in [1.165, 1.54) is 39.8 Å². The minimum Gasteiger partial charge on any atom is -0.497 e. The quantitative estimate of drug-likeness (QED) is 0.572. The number of piperidine rings is 1. The Morgan fingerprint density at radius 2 is 1.97 bits per heavy atom. The molecular formula is C20H23F2N5O3. The number of ether oxygens (including phenoxy) is 2. The van der Waals surface area contributed by atoms with Crippen LogP contribution in [0.1, 0.15) is 29.4 Å². The zero-order valence-electron chi connectivity index (χ0n) is 16.9. The van der Waals surface area contributed by atoms with E-state index >= 15 is 0 Å². The number of carbonyl (C=O) groups is 1. The van der Waals surface area contributed by atoms with Gasteiger partial charge in [0.2, 0.25) is 0 Å². The Kier molecular flexibility index (Phi) is 6.43. The van der Waals surface area contributed by atoms with Crippen LogP contribution in [0.5, 0.6) is 11.5 Å². The summed E-state index contributed by atoms with van der Waals surface area (Å²) in [5, 5.41) is 3.93. The maximum atomic E-state index is 13.7. The molecule has 3 rings (SSSR count). The van der Waals surface area contributed by atoms with E-state index < -0.39 is 17.7 Å². The number of nitrogens with one attached hydrogen (secondary N) is 1. The van der Waals surface area contributed by atoms with Crippen molar-refractivity contribution in [2.75, 3.05) is 32.2 Å². The van der Waals surface area contributed by atoms with Crippen LogP contribution < -0.4 is 19.8 Å². The molecule has 30 heavy (non-hydrogen) atoms. The second-order valence-corrected chi connectivity index (χ2v) is 6.97. The smallest absolute Gasteiger partial charge is 0.291 e. The number of benzene rings is 1. The lowest BCUT2D eigenvalue weighted by atomic mass is 9.95. The number of alkyl halides is 2. The second-order valence-electron chi connectivity index (χ2n) is 6.97. The van der Waals surface area contributed by atoms with Gasteiger partial charge in [-0.1, -0.05) is 6.92 Å². The van der Waals surface area contributed by atoms with E-state index in [1.54, 1.807) is 23.1 Å². The van der Waals surface area contributed by atoms with Crippen LogP contribution in [0.2, 0.25) is 0 Å². The number of nitrogens with zero attached hydrogens (tertiary/aromatic N) is 4. The zero-order valence-corrected chi connectivity index (χ0v) is 16.9. The van der Waals surface area contributed by atoms with Crippen molar-refractivity contribution in [3.63, 3.8) is 0 Å². The van der Waals surface area contributed by atoms with E-state index in [0.717, 1.165) is 0 Å². The molecule has 10 heteroatoms. The number of methoxy groups -OCH3 is 2. The highest BCUT2D eigenvalue weighted by molar-refractivity contribution is 5.93. The summed E-state index contributed by atoms with van der Waals surface area (Å²) in [5.74, 6) is -2.52. The topological polar surface area (TPSA) is 88.9 Å². The molecule has 1 N–H and O–H groups in total. The average molecular weight is 419 g/mol. The number of hydrogen-bond acceptors (Lipinski definition) is 7. The Morgan fingerprint density at radius 1 is 1.27 bits per heavy atom. The van der Waals surface area contributed by atoms with Gasteiger partial charge >= 0.3 is 0 Å². The largest absolute Gasteiger partial charge is 0.497 e. The number of aromatic nitrogens is 2. The fourth-order valence-electron chi connectivity index (χ4n) is 3.04. The lowest BCUT2D eigenvalue weighted by Crippen LogP contribution is -2.46. The monoisotopic (exact) mass is 419 g/mol. The molecule has 1 amide bonds. The van der Waals surface area contributed by atoms with Gasteiger partial charge in [-0.25, -0.2) is 19.2 Å². The van der Waals surface area contributed by atoms with Crippen molar-refractivity contribution in [1.82, 2.24) is 15.4 Å². The van der Waals surface area contributed by atoms with Crippen LogP contribution in [0.15, 0.2) is 35.7 Å². The molecule has 8 nitrogen and oxygen atoms in total. The van der Waals surface area contributed by atoms with E-state index in [9.17, 15) is 13.6 Å². The van der Waals surface area contributed by atoms with Gasteiger partial charge in [-0.05, 0) is 12.1 Å². The number of anilines is 1. The fourth-order valence-corrected chi connectivity index (χ4v) is 3.04. The summed E-state index contributed by atoms with van der Waals surface area (Å²) in [6.45, 7) is 1.79. The Morgan fingerprint density at radius 3 is 2.60 bits per heavy atom. The molecule has 1 fully saturated rings. The van der Waals surface area contributed by atoms with E-state index in [2.05, 4.69) is 20.5 Å². The van der Waals surface area contributed by atoms with E-state index in [0.29, 0.717) is 22.9 Å². The summed E-state index contributed by atoms with van der Waals surface area (Å²) < 4.78 is 37.8. The second kappa shape index (κ2) is 9.02. The van der Waals surface area contributed by atoms with Crippen LogP contribution in [0.3, 0.4) is 0 Å². The van der Waals surface area contributed by atoms with Crippen molar-refractivity contribution in [3.05, 3.63) is 41.9 Å². The van der Waals surface area contributed by atoms with Crippen LogP contribution in [0.4, 0.5) is 14.6 Å². The normalized spacial score (nSPS) is 18.3. The molecule has 1 atom stereocenters. The third-order valence-corrected chi connectivity index (χ3v) is 4.86. The first-order valence-electron chi connectivity index (χ1n) is 9.33. The van der Waals surface area contributed by atoms with Gasteiger partial charge in [0.05, 0.1) is 32.8 Å². The van der Waals surface area contributed by atoms with Gasteiger partial charge < -0.3 is 14.4 Å². The number of hydrazone groups is 1. The third-order valence-electron chi connectivity index (χ3n) is 4.86. The van der Waals surface area contributed by atoms with Gasteiger partial charge in [0.25, 0.3) is 11.8 Å². The Balaban J connectivity index is 1.67. The first-order chi connectivity index (χ1) is 14.3. The zero-order chi connectivity index (χ0) is 21.7.